The molecule has 1 atom stereocenters. The van der Waals surface area contributed by atoms with Crippen molar-refractivity contribution in [3.63, 3.8) is 0 Å². The van der Waals surface area contributed by atoms with Crippen LogP contribution in [0, 0.1) is 5.82 Å². The molecule has 180 valence electrons. The van der Waals surface area contributed by atoms with E-state index in [-0.39, 0.29) is 23.1 Å². The van der Waals surface area contributed by atoms with Crippen LogP contribution in [0.4, 0.5) is 21.6 Å². The highest BCUT2D eigenvalue weighted by atomic mass is 19.1. The van der Waals surface area contributed by atoms with Crippen LogP contribution in [0.5, 0.6) is 0 Å². The monoisotopic (exact) mass is 469 g/mol. The number of nitrogen functional groups attached to an aromatic ring is 1. The van der Waals surface area contributed by atoms with Crippen LogP contribution in [0.2, 0.25) is 0 Å². The first-order chi connectivity index (χ1) is 16.5. The number of ether oxygens (including phenoxy) is 1. The number of amides is 1. The third kappa shape index (κ3) is 4.04. The van der Waals surface area contributed by atoms with E-state index in [0.717, 1.165) is 38.1 Å². The maximum atomic E-state index is 14.9. The van der Waals surface area contributed by atoms with E-state index in [4.69, 9.17) is 10.5 Å². The van der Waals surface area contributed by atoms with E-state index in [2.05, 4.69) is 30.6 Å². The minimum atomic E-state index is -0.520. The van der Waals surface area contributed by atoms with Gasteiger partial charge in [-0.2, -0.15) is 0 Å². The van der Waals surface area contributed by atoms with Gasteiger partial charge in [0, 0.05) is 50.2 Å². The lowest BCUT2D eigenvalue weighted by Crippen LogP contribution is -2.56. The Kier molecular flexibility index (Phi) is 6.02. The van der Waals surface area contributed by atoms with Gasteiger partial charge < -0.3 is 26.0 Å². The average molecular weight is 470 g/mol. The lowest BCUT2D eigenvalue weighted by molar-refractivity contribution is -0.0660. The highest BCUT2D eigenvalue weighted by Crippen LogP contribution is 2.31. The minimum Gasteiger partial charge on any atom is -0.381 e. The summed E-state index contributed by atoms with van der Waals surface area (Å²) in [6, 6.07) is 0.490. The third-order valence-electron chi connectivity index (χ3n) is 6.57. The number of carbonyl (C=O) groups excluding carboxylic acids is 1. The van der Waals surface area contributed by atoms with Gasteiger partial charge in [-0.1, -0.05) is 0 Å². The lowest BCUT2D eigenvalue weighted by atomic mass is 10.1. The normalized spacial score (nSPS) is 18.1. The number of rotatable bonds is 6. The number of piperazine rings is 1. The molecule has 5 heterocycles. The van der Waals surface area contributed by atoms with Crippen molar-refractivity contribution in [2.75, 3.05) is 62.4 Å². The number of carbonyl (C=O) groups is 1. The molecular weight excluding hydrogens is 441 g/mol. The first-order valence-corrected chi connectivity index (χ1v) is 11.3. The number of hydrogen-bond donors (Lipinski definition) is 3. The van der Waals surface area contributed by atoms with Gasteiger partial charge in [0.05, 0.1) is 37.3 Å². The summed E-state index contributed by atoms with van der Waals surface area (Å²) in [7, 11) is 1.84. The number of halogens is 1. The summed E-state index contributed by atoms with van der Waals surface area (Å²) in [6.07, 6.45) is 6.06. The maximum absolute atomic E-state index is 14.9. The SMILES string of the molecule is CNC(C)c1cnc2c(C(=O)Nc3cncc(F)c3N3CCN(C4COC4)CC3)c(N)nn2c1. The second-order valence-electron chi connectivity index (χ2n) is 8.61. The number of nitrogens with two attached hydrogens (primary N) is 1. The Bertz CT molecular complexity index is 1200. The topological polar surface area (TPSA) is 126 Å². The standard InChI is InChI=1S/C22H28FN9O2/c1-13(25-2)14-7-27-21-18(20(24)29-32(21)10-14)22(33)28-17-9-26-8-16(23)19(17)31-5-3-30(4-6-31)15-11-34-12-15/h7-10,13,15,25H,3-6,11-12H2,1-2H3,(H2,24,29)(H,28,33). The molecule has 2 aliphatic heterocycles. The molecule has 0 aromatic carbocycles. The molecular formula is C22H28FN9O2. The average Bonchev–Trinajstić information content (AvgIpc) is 3.13. The summed E-state index contributed by atoms with van der Waals surface area (Å²) in [4.78, 5) is 25.9. The molecule has 2 fully saturated rings. The molecule has 12 heteroatoms. The van der Waals surface area contributed by atoms with Crippen molar-refractivity contribution in [3.8, 4) is 0 Å². The highest BCUT2D eigenvalue weighted by Gasteiger charge is 2.31. The number of hydrogen-bond acceptors (Lipinski definition) is 9. The van der Waals surface area contributed by atoms with Gasteiger partial charge in [0.25, 0.3) is 5.91 Å². The maximum Gasteiger partial charge on any atom is 0.263 e. The molecule has 4 N–H and O–H groups in total. The third-order valence-corrected chi connectivity index (χ3v) is 6.57. The van der Waals surface area contributed by atoms with Crippen molar-refractivity contribution in [1.82, 2.24) is 29.8 Å². The number of pyridine rings is 1. The molecule has 0 bridgehead atoms. The minimum absolute atomic E-state index is 0.0431. The predicted octanol–water partition coefficient (Wildman–Crippen LogP) is 0.899. The van der Waals surface area contributed by atoms with Gasteiger partial charge >= 0.3 is 0 Å². The Labute approximate surface area is 196 Å². The van der Waals surface area contributed by atoms with Gasteiger partial charge in [-0.25, -0.2) is 13.9 Å². The van der Waals surface area contributed by atoms with Gasteiger partial charge in [-0.05, 0) is 14.0 Å². The van der Waals surface area contributed by atoms with Gasteiger partial charge in [-0.3, -0.25) is 14.7 Å². The van der Waals surface area contributed by atoms with E-state index in [1.807, 2.05) is 18.9 Å². The van der Waals surface area contributed by atoms with Gasteiger partial charge in [0.15, 0.2) is 17.3 Å². The van der Waals surface area contributed by atoms with Crippen LogP contribution in [0.15, 0.2) is 24.8 Å². The smallest absolute Gasteiger partial charge is 0.263 e. The Morgan fingerprint density at radius 3 is 2.68 bits per heavy atom. The fourth-order valence-electron chi connectivity index (χ4n) is 4.35. The number of anilines is 3. The molecule has 2 aliphatic rings. The Morgan fingerprint density at radius 2 is 2.00 bits per heavy atom. The molecule has 0 spiro atoms. The van der Waals surface area contributed by atoms with E-state index in [1.165, 1.54) is 10.7 Å². The lowest BCUT2D eigenvalue weighted by Gasteiger charge is -2.43. The summed E-state index contributed by atoms with van der Waals surface area (Å²) >= 11 is 0. The van der Waals surface area contributed by atoms with E-state index < -0.39 is 11.7 Å². The molecule has 5 rings (SSSR count). The predicted molar refractivity (Wildman–Crippen MR) is 125 cm³/mol. The zero-order chi connectivity index (χ0) is 23.8. The van der Waals surface area contributed by atoms with Crippen LogP contribution in [-0.4, -0.2) is 82.9 Å². The van der Waals surface area contributed by atoms with Crippen LogP contribution in [-0.2, 0) is 4.74 Å². The molecule has 1 amide bonds. The van der Waals surface area contributed by atoms with Gasteiger partial charge in [0.1, 0.15) is 11.3 Å². The molecule has 34 heavy (non-hydrogen) atoms. The zero-order valence-electron chi connectivity index (χ0n) is 19.2. The van der Waals surface area contributed by atoms with E-state index in [0.29, 0.717) is 30.5 Å². The number of aromatic nitrogens is 4. The molecule has 0 saturated carbocycles. The first kappa shape index (κ1) is 22.4. The van der Waals surface area contributed by atoms with Crippen molar-refractivity contribution in [1.29, 1.82) is 0 Å². The molecule has 3 aromatic heterocycles. The van der Waals surface area contributed by atoms with Crippen LogP contribution in [0.25, 0.3) is 5.65 Å². The zero-order valence-corrected chi connectivity index (χ0v) is 19.2. The number of nitrogens with one attached hydrogen (secondary N) is 2. The fourth-order valence-corrected chi connectivity index (χ4v) is 4.35. The van der Waals surface area contributed by atoms with Crippen LogP contribution >= 0.6 is 0 Å². The van der Waals surface area contributed by atoms with Crippen molar-refractivity contribution in [2.45, 2.75) is 19.0 Å². The number of fused-ring (bicyclic) bond motifs is 1. The first-order valence-electron chi connectivity index (χ1n) is 11.3. The second kappa shape index (κ2) is 9.12. The second-order valence-corrected chi connectivity index (χ2v) is 8.61. The Hall–Kier alpha value is -3.35. The van der Waals surface area contributed by atoms with Gasteiger partial charge in [-0.15, -0.1) is 5.10 Å². The fraction of sp³-hybridized carbons (Fsp3) is 0.455. The Morgan fingerprint density at radius 1 is 1.24 bits per heavy atom. The number of nitrogens with zero attached hydrogens (tertiary/aromatic N) is 6. The molecule has 0 aliphatic carbocycles. The summed E-state index contributed by atoms with van der Waals surface area (Å²) in [5.74, 6) is -0.968. The van der Waals surface area contributed by atoms with E-state index in [9.17, 15) is 9.18 Å². The molecule has 2 saturated heterocycles. The van der Waals surface area contributed by atoms with Crippen LogP contribution < -0.4 is 21.3 Å². The molecule has 11 nitrogen and oxygen atoms in total. The quantitative estimate of drug-likeness (QED) is 0.483. The van der Waals surface area contributed by atoms with Crippen molar-refractivity contribution in [3.05, 3.63) is 41.7 Å². The van der Waals surface area contributed by atoms with Crippen molar-refractivity contribution < 1.29 is 13.9 Å². The summed E-state index contributed by atoms with van der Waals surface area (Å²) in [6.45, 7) is 6.33. The van der Waals surface area contributed by atoms with E-state index in [1.54, 1.807) is 12.4 Å². The molecule has 1 unspecified atom stereocenters. The summed E-state index contributed by atoms with van der Waals surface area (Å²) < 4.78 is 21.7. The largest absolute Gasteiger partial charge is 0.381 e. The van der Waals surface area contributed by atoms with Crippen LogP contribution in [0.1, 0.15) is 28.9 Å². The summed E-state index contributed by atoms with van der Waals surface area (Å²) in [5, 5.41) is 10.2. The Balaban J connectivity index is 1.39. The molecule has 0 radical (unpaired) electrons. The summed E-state index contributed by atoms with van der Waals surface area (Å²) in [5.41, 5.74) is 8.03. The van der Waals surface area contributed by atoms with Gasteiger partial charge in [0.2, 0.25) is 0 Å². The van der Waals surface area contributed by atoms with E-state index >= 15 is 0 Å². The molecule has 3 aromatic rings. The highest BCUT2D eigenvalue weighted by molar-refractivity contribution is 6.12. The van der Waals surface area contributed by atoms with Crippen molar-refractivity contribution >= 4 is 28.7 Å². The van der Waals surface area contributed by atoms with Crippen LogP contribution in [0.3, 0.4) is 0 Å². The van der Waals surface area contributed by atoms with Crippen molar-refractivity contribution in [2.24, 2.45) is 0 Å².